The number of ether oxygens (including phenoxy) is 1. The number of imidazole rings is 1. The van der Waals surface area contributed by atoms with Crippen LogP contribution in [0.2, 0.25) is 0 Å². The minimum absolute atomic E-state index is 0.228. The van der Waals surface area contributed by atoms with E-state index in [1.807, 2.05) is 78.9 Å². The van der Waals surface area contributed by atoms with Gasteiger partial charge in [0, 0.05) is 48.7 Å². The summed E-state index contributed by atoms with van der Waals surface area (Å²) >= 11 is 0. The van der Waals surface area contributed by atoms with Gasteiger partial charge in [0.15, 0.2) is 0 Å². The molecule has 0 aliphatic rings. The van der Waals surface area contributed by atoms with Crippen LogP contribution in [-0.4, -0.2) is 81.6 Å². The molecule has 57 heavy (non-hydrogen) atoms. The van der Waals surface area contributed by atoms with Crippen molar-refractivity contribution in [3.05, 3.63) is 89.0 Å². The molecule has 17 nitrogen and oxygen atoms in total. The second kappa shape index (κ2) is 16.1. The number of carbonyl (C=O) groups is 3. The number of nitrogens with zero attached hydrogens (tertiary/aromatic N) is 9. The average Bonchev–Trinajstić information content (AvgIpc) is 3.95. The molecule has 0 aliphatic heterocycles. The van der Waals surface area contributed by atoms with Crippen LogP contribution in [0.4, 0.5) is 5.95 Å². The zero-order chi connectivity index (χ0) is 40.4. The molecule has 17 heteroatoms. The summed E-state index contributed by atoms with van der Waals surface area (Å²) in [6.45, 7) is 10.6. The Morgan fingerprint density at radius 3 is 2.26 bits per heavy atom. The second-order valence-electron chi connectivity index (χ2n) is 13.6. The molecule has 0 saturated heterocycles. The Hall–Kier alpha value is -6.88. The normalized spacial score (nSPS) is 11.7. The van der Waals surface area contributed by atoms with E-state index in [2.05, 4.69) is 25.8 Å². The number of fused-ring (bicyclic) bond motifs is 4. The Balaban J connectivity index is 1.30. The summed E-state index contributed by atoms with van der Waals surface area (Å²) in [5.41, 5.74) is 17.8. The van der Waals surface area contributed by atoms with Crippen molar-refractivity contribution >= 4 is 56.8 Å². The van der Waals surface area contributed by atoms with Gasteiger partial charge in [0.25, 0.3) is 5.91 Å². The highest BCUT2D eigenvalue weighted by molar-refractivity contribution is 6.08. The molecule has 1 aromatic carbocycles. The fraction of sp³-hybridized carbons (Fsp3) is 0.300. The maximum Gasteiger partial charge on any atom is 0.276 e. The van der Waals surface area contributed by atoms with Crippen molar-refractivity contribution < 1.29 is 19.1 Å². The van der Waals surface area contributed by atoms with Crippen LogP contribution in [0.25, 0.3) is 44.5 Å². The molecule has 6 aromatic heterocycles. The van der Waals surface area contributed by atoms with E-state index in [0.29, 0.717) is 77.7 Å². The predicted molar refractivity (Wildman–Crippen MR) is 217 cm³/mol. The van der Waals surface area contributed by atoms with Gasteiger partial charge < -0.3 is 30.7 Å². The number of allylic oxidation sites excluding steroid dienone is 2. The first-order valence-electron chi connectivity index (χ1n) is 18.8. The molecule has 0 spiro atoms. The minimum Gasteiger partial charge on any atom is -0.491 e. The van der Waals surface area contributed by atoms with Crippen LogP contribution in [0.1, 0.15) is 62.9 Å². The number of pyridine rings is 2. The average molecular weight is 772 g/mol. The van der Waals surface area contributed by atoms with Crippen molar-refractivity contribution in [2.24, 2.45) is 11.5 Å². The third kappa shape index (κ3) is 7.56. The highest BCUT2D eigenvalue weighted by Crippen LogP contribution is 2.33. The number of rotatable bonds is 16. The molecule has 0 saturated carbocycles. The Bertz CT molecular complexity index is 2700. The lowest BCUT2D eigenvalue weighted by molar-refractivity contribution is 0.0991. The van der Waals surface area contributed by atoms with Gasteiger partial charge in [-0.3, -0.25) is 29.1 Å². The number of hydrogen-bond acceptors (Lipinski definition) is 10. The third-order valence-electron chi connectivity index (χ3n) is 9.61. The van der Waals surface area contributed by atoms with Crippen LogP contribution >= 0.6 is 0 Å². The highest BCUT2D eigenvalue weighted by Gasteiger charge is 2.22. The first-order valence-corrected chi connectivity index (χ1v) is 18.8. The van der Waals surface area contributed by atoms with E-state index in [0.717, 1.165) is 34.4 Å². The van der Waals surface area contributed by atoms with Crippen molar-refractivity contribution in [2.75, 3.05) is 25.5 Å². The molecule has 6 N–H and O–H groups in total. The van der Waals surface area contributed by atoms with Crippen LogP contribution < -0.4 is 26.8 Å². The fourth-order valence-electron chi connectivity index (χ4n) is 6.96. The standard InChI is InChI=1S/C40H45N13O4/c1-6-52-31(17-23(3)48-52)29-12-11-27-28-19-26(36(42)55)22-44-37(28)51(38(27)45-29)15-9-8-14-50-34-30(20-25(35(41)54)21-33(34)57-16-10-13-43-5)46-40(50)47-39(56)32-18-24(4)49-53(32)7-2/h8-9,11-12,17-22,43H,6-7,10,13-16H2,1-5H3,(H2,41,54)(H2,42,55)(H,46,47,56)/b9-8+. The van der Waals surface area contributed by atoms with E-state index < -0.39 is 17.7 Å². The second-order valence-corrected chi connectivity index (χ2v) is 13.6. The lowest BCUT2D eigenvalue weighted by Crippen LogP contribution is -2.20. The van der Waals surface area contributed by atoms with Gasteiger partial charge in [0.2, 0.25) is 17.8 Å². The molecule has 0 atom stereocenters. The number of nitrogens with two attached hydrogens (primary N) is 2. The van der Waals surface area contributed by atoms with Gasteiger partial charge >= 0.3 is 0 Å². The number of amides is 3. The Morgan fingerprint density at radius 2 is 1.54 bits per heavy atom. The maximum absolute atomic E-state index is 13.7. The molecule has 0 aliphatic carbocycles. The molecule has 0 bridgehead atoms. The highest BCUT2D eigenvalue weighted by atomic mass is 16.5. The topological polar surface area (TPSA) is 221 Å². The number of anilines is 1. The van der Waals surface area contributed by atoms with Gasteiger partial charge in [-0.05, 0) is 90.2 Å². The lowest BCUT2D eigenvalue weighted by Gasteiger charge is -2.13. The van der Waals surface area contributed by atoms with Crippen LogP contribution in [0.5, 0.6) is 5.75 Å². The van der Waals surface area contributed by atoms with Gasteiger partial charge in [-0.25, -0.2) is 15.0 Å². The molecular weight excluding hydrogens is 727 g/mol. The number of aryl methyl sites for hydroxylation is 4. The molecule has 294 valence electrons. The first kappa shape index (κ1) is 38.4. The predicted octanol–water partition coefficient (Wildman–Crippen LogP) is 4.35. The summed E-state index contributed by atoms with van der Waals surface area (Å²) < 4.78 is 13.6. The van der Waals surface area contributed by atoms with Crippen LogP contribution in [0.15, 0.2) is 60.8 Å². The van der Waals surface area contributed by atoms with Crippen molar-refractivity contribution in [1.82, 2.24) is 49.0 Å². The molecule has 0 unspecified atom stereocenters. The molecule has 3 amide bonds. The van der Waals surface area contributed by atoms with Gasteiger partial charge in [0.05, 0.1) is 40.5 Å². The van der Waals surface area contributed by atoms with Crippen LogP contribution in [0.3, 0.4) is 0 Å². The van der Waals surface area contributed by atoms with Gasteiger partial charge in [0.1, 0.15) is 28.3 Å². The van der Waals surface area contributed by atoms with Gasteiger partial charge in [-0.2, -0.15) is 10.2 Å². The molecular formula is C40H45N13O4. The van der Waals surface area contributed by atoms with Crippen molar-refractivity contribution in [3.8, 4) is 17.1 Å². The summed E-state index contributed by atoms with van der Waals surface area (Å²) in [5, 5.41) is 16.7. The summed E-state index contributed by atoms with van der Waals surface area (Å²) in [4.78, 5) is 52.8. The summed E-state index contributed by atoms with van der Waals surface area (Å²) in [5.74, 6) is -0.945. The molecule has 6 heterocycles. The zero-order valence-corrected chi connectivity index (χ0v) is 32.5. The number of primary amides is 2. The molecule has 7 rings (SSSR count). The Kier molecular flexibility index (Phi) is 10.8. The number of hydrogen-bond donors (Lipinski definition) is 4. The molecule has 0 radical (unpaired) electrons. The van der Waals surface area contributed by atoms with Crippen LogP contribution in [0, 0.1) is 13.8 Å². The van der Waals surface area contributed by atoms with E-state index in [9.17, 15) is 14.4 Å². The minimum atomic E-state index is -0.631. The Morgan fingerprint density at radius 1 is 0.825 bits per heavy atom. The fourth-order valence-corrected chi connectivity index (χ4v) is 6.96. The quantitative estimate of drug-likeness (QED) is 0.0804. The number of carbonyl (C=O) groups excluding carboxylic acids is 3. The van der Waals surface area contributed by atoms with Crippen molar-refractivity contribution in [3.63, 3.8) is 0 Å². The summed E-state index contributed by atoms with van der Waals surface area (Å²) in [7, 11) is 1.86. The maximum atomic E-state index is 13.7. The lowest BCUT2D eigenvalue weighted by atomic mass is 10.1. The van der Waals surface area contributed by atoms with Crippen molar-refractivity contribution in [2.45, 2.75) is 60.3 Å². The number of nitrogens with one attached hydrogen (secondary N) is 2. The molecule has 0 fully saturated rings. The van der Waals surface area contributed by atoms with Crippen LogP contribution in [-0.2, 0) is 26.2 Å². The smallest absolute Gasteiger partial charge is 0.276 e. The van der Waals surface area contributed by atoms with E-state index in [1.54, 1.807) is 28.9 Å². The largest absolute Gasteiger partial charge is 0.491 e. The molecule has 7 aromatic rings. The Labute approximate surface area is 327 Å². The van der Waals surface area contributed by atoms with E-state index in [1.165, 1.54) is 6.20 Å². The monoisotopic (exact) mass is 771 g/mol. The van der Waals surface area contributed by atoms with Gasteiger partial charge in [-0.15, -0.1) is 0 Å². The summed E-state index contributed by atoms with van der Waals surface area (Å²) in [6, 6.07) is 12.6. The van der Waals surface area contributed by atoms with Gasteiger partial charge in [-0.1, -0.05) is 12.2 Å². The summed E-state index contributed by atoms with van der Waals surface area (Å²) in [6.07, 6.45) is 6.09. The van der Waals surface area contributed by atoms with Crippen molar-refractivity contribution in [1.29, 1.82) is 0 Å². The van der Waals surface area contributed by atoms with E-state index >= 15 is 0 Å². The SMILES string of the molecule is CCn1nc(C)cc1C(=O)Nc1nc2cc(C(N)=O)cc(OCCCNC)c2n1C/C=C/Cn1c2ncc(C(N)=O)cc2c2ccc(-c3cc(C)nn3CC)nc21. The number of benzene rings is 1. The van der Waals surface area contributed by atoms with E-state index in [-0.39, 0.29) is 18.1 Å². The van der Waals surface area contributed by atoms with E-state index in [4.69, 9.17) is 26.2 Å². The third-order valence-corrected chi connectivity index (χ3v) is 9.61. The zero-order valence-electron chi connectivity index (χ0n) is 32.5. The first-order chi connectivity index (χ1) is 27.5. The number of aromatic nitrogens is 9.